The molecule has 1 aliphatic carbocycles. The number of carbonyl (C=O) groups is 2. The molecule has 1 saturated carbocycles. The van der Waals surface area contributed by atoms with E-state index in [0.717, 1.165) is 17.5 Å². The number of aromatic amines is 1. The van der Waals surface area contributed by atoms with E-state index in [1.165, 1.54) is 48.9 Å². The Hall–Kier alpha value is -4.43. The van der Waals surface area contributed by atoms with Gasteiger partial charge in [0.05, 0.1) is 28.0 Å². The highest BCUT2D eigenvalue weighted by atomic mass is 35.5. The van der Waals surface area contributed by atoms with Crippen LogP contribution in [0.3, 0.4) is 0 Å². The first-order valence-corrected chi connectivity index (χ1v) is 12.4. The van der Waals surface area contributed by atoms with Gasteiger partial charge in [0, 0.05) is 42.3 Å². The van der Waals surface area contributed by atoms with E-state index in [1.54, 1.807) is 0 Å². The lowest BCUT2D eigenvalue weighted by Gasteiger charge is -2.15. The number of amides is 2. The third kappa shape index (κ3) is 5.77. The molecule has 0 spiro atoms. The van der Waals surface area contributed by atoms with Crippen LogP contribution in [0.4, 0.5) is 24.5 Å². The number of H-pyrrole nitrogens is 1. The zero-order valence-electron chi connectivity index (χ0n) is 20.7. The van der Waals surface area contributed by atoms with Gasteiger partial charge in [-0.05, 0) is 43.2 Å². The fourth-order valence-corrected chi connectivity index (χ4v) is 4.27. The van der Waals surface area contributed by atoms with Gasteiger partial charge in [0.2, 0.25) is 0 Å². The highest BCUT2D eigenvalue weighted by Gasteiger charge is 2.43. The second-order valence-electron chi connectivity index (χ2n) is 9.42. The molecule has 0 unspecified atom stereocenters. The fraction of sp³-hybridized carbons (Fsp3) is 0.240. The van der Waals surface area contributed by atoms with Crippen LogP contribution in [0, 0.1) is 0 Å². The molecule has 0 saturated heterocycles. The molecule has 1 aromatic carbocycles. The van der Waals surface area contributed by atoms with E-state index >= 15 is 0 Å². The summed E-state index contributed by atoms with van der Waals surface area (Å²) in [6, 6.07) is 7.33. The van der Waals surface area contributed by atoms with E-state index in [2.05, 4.69) is 30.7 Å². The van der Waals surface area contributed by atoms with Crippen LogP contribution in [0.2, 0.25) is 5.02 Å². The zero-order valence-corrected chi connectivity index (χ0v) is 21.5. The molecule has 11 nitrogen and oxygen atoms in total. The van der Waals surface area contributed by atoms with Gasteiger partial charge in [-0.3, -0.25) is 9.59 Å². The molecular formula is C25H23ClF3N9O2. The number of anilines is 2. The van der Waals surface area contributed by atoms with Gasteiger partial charge in [-0.1, -0.05) is 11.6 Å². The standard InChI is InChI=1S/C25H23ClF3N9O2/c26-18-8-15(2-3-17(18)22(39)36-24(12-30)5-6-24)35-23(40)21-33-10-16(34-21)7-13-11-38(37-20(13)25(27,28)29)19-4-1-14(31)9-32-19/h1-4,8-11H,5-7,12,30-31H2,(H,33,34)(H,35,40)(H,36,39). The molecular weight excluding hydrogens is 551 g/mol. The largest absolute Gasteiger partial charge is 0.435 e. The second-order valence-corrected chi connectivity index (χ2v) is 9.82. The molecule has 40 heavy (non-hydrogen) atoms. The minimum atomic E-state index is -4.72. The van der Waals surface area contributed by atoms with E-state index in [1.807, 2.05) is 0 Å². The van der Waals surface area contributed by atoms with Crippen LogP contribution in [0.25, 0.3) is 5.82 Å². The van der Waals surface area contributed by atoms with Crippen molar-refractivity contribution in [3.8, 4) is 5.82 Å². The number of imidazole rings is 1. The Bertz CT molecular complexity index is 1580. The maximum absolute atomic E-state index is 13.7. The molecule has 0 radical (unpaired) electrons. The Kier molecular flexibility index (Phi) is 6.98. The summed E-state index contributed by atoms with van der Waals surface area (Å²) in [4.78, 5) is 36.0. The number of aromatic nitrogens is 5. The minimum Gasteiger partial charge on any atom is -0.397 e. The quantitative estimate of drug-likeness (QED) is 0.215. The highest BCUT2D eigenvalue weighted by molar-refractivity contribution is 6.34. The summed E-state index contributed by atoms with van der Waals surface area (Å²) < 4.78 is 42.1. The van der Waals surface area contributed by atoms with E-state index in [4.69, 9.17) is 23.1 Å². The number of hydrogen-bond donors (Lipinski definition) is 5. The topological polar surface area (TPSA) is 170 Å². The molecule has 3 aromatic heterocycles. The van der Waals surface area contributed by atoms with Crippen LogP contribution in [-0.2, 0) is 12.6 Å². The SMILES string of the molecule is NCC1(NC(=O)c2ccc(NC(=O)c3ncc(Cc4cn(-c5ccc(N)cn5)nc4C(F)(F)F)[nH]3)cc2Cl)CC1. The van der Waals surface area contributed by atoms with Gasteiger partial charge in [0.25, 0.3) is 11.8 Å². The number of halogens is 4. The Balaban J connectivity index is 1.28. The number of rotatable bonds is 8. The number of carbonyl (C=O) groups excluding carboxylic acids is 2. The summed E-state index contributed by atoms with van der Waals surface area (Å²) >= 11 is 6.27. The number of alkyl halides is 3. The number of hydrogen-bond acceptors (Lipinski definition) is 7. The summed E-state index contributed by atoms with van der Waals surface area (Å²) in [5.41, 5.74) is 10.8. The lowest BCUT2D eigenvalue weighted by Crippen LogP contribution is -2.42. The number of nitrogens with one attached hydrogen (secondary N) is 3. The summed E-state index contributed by atoms with van der Waals surface area (Å²) in [5, 5.41) is 9.25. The number of nitrogen functional groups attached to an aromatic ring is 1. The van der Waals surface area contributed by atoms with Crippen LogP contribution < -0.4 is 22.1 Å². The van der Waals surface area contributed by atoms with Crippen LogP contribution in [0.15, 0.2) is 48.9 Å². The van der Waals surface area contributed by atoms with Crippen molar-refractivity contribution in [1.82, 2.24) is 30.0 Å². The lowest BCUT2D eigenvalue weighted by molar-refractivity contribution is -0.141. The summed E-state index contributed by atoms with van der Waals surface area (Å²) in [5.74, 6) is -0.996. The zero-order chi connectivity index (χ0) is 28.7. The fourth-order valence-electron chi connectivity index (χ4n) is 4.00. The third-order valence-electron chi connectivity index (χ3n) is 6.38. The van der Waals surface area contributed by atoms with Crippen molar-refractivity contribution >= 4 is 34.8 Å². The van der Waals surface area contributed by atoms with Gasteiger partial charge < -0.3 is 27.1 Å². The molecule has 1 aliphatic rings. The Labute approximate surface area is 230 Å². The maximum atomic E-state index is 13.7. The number of nitrogens with two attached hydrogens (primary N) is 2. The van der Waals surface area contributed by atoms with Crippen LogP contribution in [-0.4, -0.2) is 48.6 Å². The lowest BCUT2D eigenvalue weighted by atomic mass is 10.1. The van der Waals surface area contributed by atoms with Crippen molar-refractivity contribution in [2.75, 3.05) is 17.6 Å². The number of pyridine rings is 1. The molecule has 4 aromatic rings. The smallest absolute Gasteiger partial charge is 0.397 e. The van der Waals surface area contributed by atoms with Gasteiger partial charge >= 0.3 is 6.18 Å². The number of benzene rings is 1. The van der Waals surface area contributed by atoms with Crippen LogP contribution in [0.5, 0.6) is 0 Å². The van der Waals surface area contributed by atoms with Gasteiger partial charge in [0.1, 0.15) is 0 Å². The molecule has 15 heteroatoms. The van der Waals surface area contributed by atoms with Crippen molar-refractivity contribution in [2.45, 2.75) is 31.0 Å². The molecule has 2 amide bonds. The monoisotopic (exact) mass is 573 g/mol. The van der Waals surface area contributed by atoms with E-state index in [0.29, 0.717) is 17.9 Å². The van der Waals surface area contributed by atoms with Crippen LogP contribution in [0.1, 0.15) is 50.8 Å². The Morgan fingerprint density at radius 2 is 1.90 bits per heavy atom. The molecule has 0 bridgehead atoms. The van der Waals surface area contributed by atoms with Crippen molar-refractivity contribution < 1.29 is 22.8 Å². The van der Waals surface area contributed by atoms with Crippen molar-refractivity contribution in [2.24, 2.45) is 5.73 Å². The first-order chi connectivity index (χ1) is 19.0. The highest BCUT2D eigenvalue weighted by Crippen LogP contribution is 2.35. The molecule has 0 atom stereocenters. The second kappa shape index (κ2) is 10.3. The molecule has 3 heterocycles. The van der Waals surface area contributed by atoms with Crippen molar-refractivity contribution in [3.63, 3.8) is 0 Å². The average Bonchev–Trinajstić information content (AvgIpc) is 3.29. The molecule has 208 valence electrons. The first kappa shape index (κ1) is 27.1. The summed E-state index contributed by atoms with van der Waals surface area (Å²) in [6.45, 7) is 0.329. The van der Waals surface area contributed by atoms with Gasteiger partial charge in [-0.25, -0.2) is 14.6 Å². The minimum absolute atomic E-state index is 0.121. The van der Waals surface area contributed by atoms with Gasteiger partial charge in [-0.2, -0.15) is 18.3 Å². The van der Waals surface area contributed by atoms with Crippen molar-refractivity contribution in [1.29, 1.82) is 0 Å². The molecule has 1 fully saturated rings. The van der Waals surface area contributed by atoms with Gasteiger partial charge in [0.15, 0.2) is 17.3 Å². The summed E-state index contributed by atoms with van der Waals surface area (Å²) in [7, 11) is 0. The molecule has 7 N–H and O–H groups in total. The van der Waals surface area contributed by atoms with Crippen LogP contribution >= 0.6 is 11.6 Å². The predicted molar refractivity (Wildman–Crippen MR) is 140 cm³/mol. The van der Waals surface area contributed by atoms with Crippen molar-refractivity contribution in [3.05, 3.63) is 82.3 Å². The normalized spacial score (nSPS) is 14.1. The third-order valence-corrected chi connectivity index (χ3v) is 6.70. The van der Waals surface area contributed by atoms with E-state index < -0.39 is 23.3 Å². The first-order valence-electron chi connectivity index (χ1n) is 12.0. The molecule has 5 rings (SSSR count). The van der Waals surface area contributed by atoms with Gasteiger partial charge in [-0.15, -0.1) is 0 Å². The molecule has 0 aliphatic heterocycles. The van der Waals surface area contributed by atoms with E-state index in [9.17, 15) is 22.8 Å². The Morgan fingerprint density at radius 1 is 1.12 bits per heavy atom. The average molecular weight is 574 g/mol. The predicted octanol–water partition coefficient (Wildman–Crippen LogP) is 3.31. The maximum Gasteiger partial charge on any atom is 0.435 e. The Morgan fingerprint density at radius 3 is 2.52 bits per heavy atom. The number of nitrogens with zero attached hydrogens (tertiary/aromatic N) is 4. The van der Waals surface area contributed by atoms with E-state index in [-0.39, 0.29) is 45.8 Å². The summed E-state index contributed by atoms with van der Waals surface area (Å²) in [6.07, 6.45) is 0.423.